The molecule has 2 rings (SSSR count). The topological polar surface area (TPSA) is 48.1 Å². The van der Waals surface area contributed by atoms with Crippen molar-refractivity contribution in [3.63, 3.8) is 0 Å². The number of hydrogen-bond donors (Lipinski definition) is 1. The SMILES string of the molecule is CCOC1CC(CC(N)c2cncc(F)c2)C1. The Labute approximate surface area is 101 Å². The van der Waals surface area contributed by atoms with Crippen LogP contribution in [0.3, 0.4) is 0 Å². The summed E-state index contributed by atoms with van der Waals surface area (Å²) in [6.45, 7) is 2.79. The van der Waals surface area contributed by atoms with Gasteiger partial charge in [0, 0.05) is 18.8 Å². The molecule has 1 aliphatic rings. The molecule has 0 radical (unpaired) electrons. The molecule has 0 amide bonds. The second-order valence-electron chi connectivity index (χ2n) is 4.69. The van der Waals surface area contributed by atoms with Gasteiger partial charge in [-0.3, -0.25) is 4.98 Å². The Balaban J connectivity index is 1.80. The van der Waals surface area contributed by atoms with E-state index in [-0.39, 0.29) is 11.9 Å². The maximum Gasteiger partial charge on any atom is 0.141 e. The Morgan fingerprint density at radius 3 is 2.94 bits per heavy atom. The molecule has 17 heavy (non-hydrogen) atoms. The highest BCUT2D eigenvalue weighted by Crippen LogP contribution is 2.36. The average molecular weight is 238 g/mol. The van der Waals surface area contributed by atoms with Crippen LogP contribution in [0.4, 0.5) is 4.39 Å². The summed E-state index contributed by atoms with van der Waals surface area (Å²) in [5.74, 6) is 0.281. The molecule has 1 fully saturated rings. The van der Waals surface area contributed by atoms with Crippen LogP contribution in [0.5, 0.6) is 0 Å². The Bertz CT molecular complexity index is 366. The van der Waals surface area contributed by atoms with Gasteiger partial charge >= 0.3 is 0 Å². The molecule has 1 saturated carbocycles. The molecule has 0 bridgehead atoms. The summed E-state index contributed by atoms with van der Waals surface area (Å²) in [5, 5.41) is 0. The van der Waals surface area contributed by atoms with Crippen LogP contribution in [0.2, 0.25) is 0 Å². The fourth-order valence-electron chi connectivity index (χ4n) is 2.37. The van der Waals surface area contributed by atoms with E-state index in [4.69, 9.17) is 10.5 Å². The van der Waals surface area contributed by atoms with E-state index >= 15 is 0 Å². The monoisotopic (exact) mass is 238 g/mol. The van der Waals surface area contributed by atoms with Gasteiger partial charge in [0.1, 0.15) is 5.82 Å². The van der Waals surface area contributed by atoms with E-state index < -0.39 is 0 Å². The first-order valence-corrected chi connectivity index (χ1v) is 6.16. The van der Waals surface area contributed by atoms with Crippen LogP contribution in [0.25, 0.3) is 0 Å². The summed E-state index contributed by atoms with van der Waals surface area (Å²) in [6.07, 6.45) is 6.28. The van der Waals surface area contributed by atoms with E-state index in [1.54, 1.807) is 6.20 Å². The quantitative estimate of drug-likeness (QED) is 0.857. The van der Waals surface area contributed by atoms with Gasteiger partial charge in [-0.1, -0.05) is 0 Å². The smallest absolute Gasteiger partial charge is 0.141 e. The molecule has 4 heteroatoms. The fraction of sp³-hybridized carbons (Fsp3) is 0.615. The Morgan fingerprint density at radius 1 is 1.53 bits per heavy atom. The van der Waals surface area contributed by atoms with Crippen LogP contribution in [0.15, 0.2) is 18.5 Å². The number of ether oxygens (including phenoxy) is 1. The molecule has 94 valence electrons. The van der Waals surface area contributed by atoms with Gasteiger partial charge < -0.3 is 10.5 Å². The zero-order valence-electron chi connectivity index (χ0n) is 10.1. The van der Waals surface area contributed by atoms with E-state index in [0.29, 0.717) is 12.0 Å². The molecule has 1 aliphatic carbocycles. The zero-order valence-corrected chi connectivity index (χ0v) is 10.1. The first-order valence-electron chi connectivity index (χ1n) is 6.16. The Hall–Kier alpha value is -1.00. The summed E-state index contributed by atoms with van der Waals surface area (Å²) >= 11 is 0. The summed E-state index contributed by atoms with van der Waals surface area (Å²) < 4.78 is 18.5. The van der Waals surface area contributed by atoms with E-state index in [9.17, 15) is 4.39 Å². The predicted octanol–water partition coefficient (Wildman–Crippen LogP) is 2.43. The standard InChI is InChI=1S/C13H19FN2O/c1-2-17-12-3-9(4-12)5-13(15)10-6-11(14)8-16-7-10/h6-9,12-13H,2-5,15H2,1H3. The molecule has 0 spiro atoms. The highest BCUT2D eigenvalue weighted by molar-refractivity contribution is 5.14. The van der Waals surface area contributed by atoms with Crippen molar-refractivity contribution < 1.29 is 9.13 Å². The van der Waals surface area contributed by atoms with Gasteiger partial charge in [0.15, 0.2) is 0 Å². The number of rotatable bonds is 5. The molecule has 1 atom stereocenters. The lowest BCUT2D eigenvalue weighted by Gasteiger charge is -2.36. The van der Waals surface area contributed by atoms with Crippen LogP contribution in [-0.2, 0) is 4.74 Å². The van der Waals surface area contributed by atoms with Crippen molar-refractivity contribution in [2.45, 2.75) is 38.3 Å². The van der Waals surface area contributed by atoms with Crippen molar-refractivity contribution >= 4 is 0 Å². The van der Waals surface area contributed by atoms with Crippen LogP contribution in [-0.4, -0.2) is 17.7 Å². The van der Waals surface area contributed by atoms with Crippen molar-refractivity contribution in [2.75, 3.05) is 6.61 Å². The number of hydrogen-bond acceptors (Lipinski definition) is 3. The van der Waals surface area contributed by atoms with Crippen molar-refractivity contribution in [3.05, 3.63) is 29.8 Å². The van der Waals surface area contributed by atoms with Gasteiger partial charge in [-0.15, -0.1) is 0 Å². The third-order valence-corrected chi connectivity index (χ3v) is 3.34. The number of nitrogens with zero attached hydrogens (tertiary/aromatic N) is 1. The van der Waals surface area contributed by atoms with Crippen LogP contribution in [0.1, 0.15) is 37.8 Å². The second kappa shape index (κ2) is 5.56. The molecule has 3 nitrogen and oxygen atoms in total. The highest BCUT2D eigenvalue weighted by Gasteiger charge is 2.30. The molecular formula is C13H19FN2O. The molecule has 2 N–H and O–H groups in total. The Kier molecular flexibility index (Phi) is 4.07. The highest BCUT2D eigenvalue weighted by atomic mass is 19.1. The second-order valence-corrected chi connectivity index (χ2v) is 4.69. The maximum absolute atomic E-state index is 13.0. The van der Waals surface area contributed by atoms with Gasteiger partial charge in [0.2, 0.25) is 0 Å². The normalized spacial score (nSPS) is 25.4. The minimum Gasteiger partial charge on any atom is -0.378 e. The number of halogens is 1. The van der Waals surface area contributed by atoms with Gasteiger partial charge in [0.05, 0.1) is 12.3 Å². The van der Waals surface area contributed by atoms with E-state index in [1.165, 1.54) is 12.3 Å². The molecule has 1 aromatic heterocycles. The largest absolute Gasteiger partial charge is 0.378 e. The minimum absolute atomic E-state index is 0.120. The number of aromatic nitrogens is 1. The van der Waals surface area contributed by atoms with Crippen molar-refractivity contribution in [3.8, 4) is 0 Å². The Morgan fingerprint density at radius 2 is 2.29 bits per heavy atom. The van der Waals surface area contributed by atoms with Gasteiger partial charge in [-0.05, 0) is 43.7 Å². The van der Waals surface area contributed by atoms with E-state index in [1.807, 2.05) is 6.92 Å². The number of pyridine rings is 1. The molecular weight excluding hydrogens is 219 g/mol. The average Bonchev–Trinajstić information content (AvgIpc) is 2.26. The maximum atomic E-state index is 13.0. The molecule has 1 unspecified atom stereocenters. The third-order valence-electron chi connectivity index (χ3n) is 3.34. The van der Waals surface area contributed by atoms with Crippen LogP contribution in [0, 0.1) is 11.7 Å². The lowest BCUT2D eigenvalue weighted by atomic mass is 9.77. The fourth-order valence-corrected chi connectivity index (χ4v) is 2.37. The molecule has 1 heterocycles. The van der Waals surface area contributed by atoms with E-state index in [0.717, 1.165) is 31.4 Å². The van der Waals surface area contributed by atoms with Crippen molar-refractivity contribution in [1.82, 2.24) is 4.98 Å². The minimum atomic E-state index is -0.321. The summed E-state index contributed by atoms with van der Waals surface area (Å²) in [7, 11) is 0. The molecule has 0 aromatic carbocycles. The molecule has 0 aliphatic heterocycles. The number of nitrogens with two attached hydrogens (primary N) is 1. The van der Waals surface area contributed by atoms with Crippen LogP contribution >= 0.6 is 0 Å². The summed E-state index contributed by atoms with van der Waals surface area (Å²) in [6, 6.07) is 1.35. The first kappa shape index (κ1) is 12.5. The summed E-state index contributed by atoms with van der Waals surface area (Å²) in [4.78, 5) is 3.82. The van der Waals surface area contributed by atoms with Crippen molar-refractivity contribution in [1.29, 1.82) is 0 Å². The van der Waals surface area contributed by atoms with Gasteiger partial charge in [-0.2, -0.15) is 0 Å². The molecule has 1 aromatic rings. The summed E-state index contributed by atoms with van der Waals surface area (Å²) in [5.41, 5.74) is 6.83. The van der Waals surface area contributed by atoms with E-state index in [2.05, 4.69) is 4.98 Å². The van der Waals surface area contributed by atoms with Gasteiger partial charge in [0.25, 0.3) is 0 Å². The first-order chi connectivity index (χ1) is 8.19. The predicted molar refractivity (Wildman–Crippen MR) is 63.9 cm³/mol. The van der Waals surface area contributed by atoms with Crippen molar-refractivity contribution in [2.24, 2.45) is 11.7 Å². The van der Waals surface area contributed by atoms with Crippen LogP contribution < -0.4 is 5.73 Å². The molecule has 0 saturated heterocycles. The lowest BCUT2D eigenvalue weighted by molar-refractivity contribution is -0.0282. The third kappa shape index (κ3) is 3.23. The lowest BCUT2D eigenvalue weighted by Crippen LogP contribution is -2.33. The van der Waals surface area contributed by atoms with Gasteiger partial charge in [-0.25, -0.2) is 4.39 Å². The zero-order chi connectivity index (χ0) is 12.3.